The lowest BCUT2D eigenvalue weighted by Gasteiger charge is -2.31. The average Bonchev–Trinajstić information content (AvgIpc) is 3.05. The average molecular weight is 431 g/mol. The molecule has 0 bridgehead atoms. The summed E-state index contributed by atoms with van der Waals surface area (Å²) in [5.41, 5.74) is 1.95. The highest BCUT2D eigenvalue weighted by Crippen LogP contribution is 2.67. The van der Waals surface area contributed by atoms with Gasteiger partial charge in [-0.1, -0.05) is 37.3 Å². The van der Waals surface area contributed by atoms with Crippen LogP contribution in [0.3, 0.4) is 0 Å². The van der Waals surface area contributed by atoms with Crippen molar-refractivity contribution < 1.29 is 17.9 Å². The van der Waals surface area contributed by atoms with Crippen LogP contribution in [0.1, 0.15) is 25.3 Å². The number of rotatable bonds is 7. The van der Waals surface area contributed by atoms with Crippen molar-refractivity contribution in [1.29, 1.82) is 0 Å². The fraction of sp³-hybridized carbons (Fsp3) is 0.522. The summed E-state index contributed by atoms with van der Waals surface area (Å²) in [4.78, 5) is 14.8. The smallest absolute Gasteiger partial charge is 0.229 e. The quantitative estimate of drug-likeness (QED) is 0.722. The number of hydrogen-bond acceptors (Lipinski definition) is 4. The normalized spacial score (nSPS) is 29.9. The Bertz CT molecular complexity index is 986. The van der Waals surface area contributed by atoms with E-state index >= 15 is 0 Å². The Kier molecular flexibility index (Phi) is 5.43. The Labute approximate surface area is 179 Å². The lowest BCUT2D eigenvalue weighted by molar-refractivity contribution is -0.131. The predicted octanol–water partition coefficient (Wildman–Crippen LogP) is 2.73. The molecule has 1 aliphatic heterocycles. The van der Waals surface area contributed by atoms with Gasteiger partial charge in [0.2, 0.25) is 15.9 Å². The number of hydrogen-bond donors (Lipinski definition) is 1. The molecular formula is C23H30N2O4S. The first kappa shape index (κ1) is 21.0. The number of nitrogens with one attached hydrogen (secondary N) is 1. The van der Waals surface area contributed by atoms with E-state index in [1.54, 1.807) is 7.11 Å². The maximum absolute atomic E-state index is 12.8. The van der Waals surface area contributed by atoms with Crippen molar-refractivity contribution >= 4 is 15.9 Å². The maximum Gasteiger partial charge on any atom is 0.229 e. The Morgan fingerprint density at radius 1 is 1.27 bits per heavy atom. The molecule has 2 fully saturated rings. The molecule has 0 aromatic heterocycles. The van der Waals surface area contributed by atoms with E-state index in [9.17, 15) is 13.2 Å². The van der Waals surface area contributed by atoms with Crippen molar-refractivity contribution in [3.05, 3.63) is 53.8 Å². The maximum atomic E-state index is 12.8. The number of carbonyl (C=O) groups is 1. The SMILES string of the molecule is COc1ccccc1CCC(=O)N1CC2C(C1)C2(C)C1C=CC=C(NS(C)(=O)=O)C1. The van der Waals surface area contributed by atoms with Crippen LogP contribution in [0.5, 0.6) is 5.75 Å². The van der Waals surface area contributed by atoms with Gasteiger partial charge >= 0.3 is 0 Å². The highest BCUT2D eigenvalue weighted by atomic mass is 32.2. The molecule has 1 saturated heterocycles. The number of benzene rings is 1. The van der Waals surface area contributed by atoms with E-state index in [0.717, 1.165) is 30.1 Å². The van der Waals surface area contributed by atoms with Crippen LogP contribution < -0.4 is 9.46 Å². The number of amides is 1. The number of allylic oxidation sites excluding steroid dienone is 4. The second-order valence-electron chi connectivity index (χ2n) is 8.95. The van der Waals surface area contributed by atoms with Crippen LogP contribution in [0.25, 0.3) is 0 Å². The molecule has 1 N–H and O–H groups in total. The summed E-state index contributed by atoms with van der Waals surface area (Å²) in [5.74, 6) is 2.30. The molecular weight excluding hydrogens is 400 g/mol. The summed E-state index contributed by atoms with van der Waals surface area (Å²) in [6, 6.07) is 7.84. The van der Waals surface area contributed by atoms with Crippen molar-refractivity contribution in [3.63, 3.8) is 0 Å². The van der Waals surface area contributed by atoms with Crippen molar-refractivity contribution in [2.75, 3.05) is 26.5 Å². The molecule has 1 saturated carbocycles. The monoisotopic (exact) mass is 430 g/mol. The van der Waals surface area contributed by atoms with E-state index in [4.69, 9.17) is 4.74 Å². The zero-order chi connectivity index (χ0) is 21.5. The number of ether oxygens (including phenoxy) is 1. The van der Waals surface area contributed by atoms with Gasteiger partial charge in [-0.2, -0.15) is 0 Å². The van der Waals surface area contributed by atoms with E-state index in [-0.39, 0.29) is 11.3 Å². The van der Waals surface area contributed by atoms with Crippen molar-refractivity contribution in [3.8, 4) is 5.75 Å². The Morgan fingerprint density at radius 2 is 1.97 bits per heavy atom. The summed E-state index contributed by atoms with van der Waals surface area (Å²) >= 11 is 0. The lowest BCUT2D eigenvalue weighted by Crippen LogP contribution is -2.36. The van der Waals surface area contributed by atoms with Crippen LogP contribution in [0.4, 0.5) is 0 Å². The summed E-state index contributed by atoms with van der Waals surface area (Å²) in [6.45, 7) is 3.89. The molecule has 0 spiro atoms. The van der Waals surface area contributed by atoms with Crippen molar-refractivity contribution in [2.24, 2.45) is 23.2 Å². The lowest BCUT2D eigenvalue weighted by atomic mass is 9.80. The number of piperidine rings is 1. The zero-order valence-electron chi connectivity index (χ0n) is 17.8. The first-order valence-corrected chi connectivity index (χ1v) is 12.4. The molecule has 3 unspecified atom stereocenters. The van der Waals surface area contributed by atoms with E-state index < -0.39 is 10.0 Å². The molecule has 1 aromatic carbocycles. The minimum atomic E-state index is -3.26. The number of fused-ring (bicyclic) bond motifs is 1. The van der Waals surface area contributed by atoms with Crippen LogP contribution in [0.2, 0.25) is 0 Å². The standard InChI is InChI=1S/C23H30N2O4S/c1-23(17-8-6-9-18(13-17)24-30(3,27)28)19-14-25(15-20(19)23)22(26)12-11-16-7-4-5-10-21(16)29-2/h4-10,17,19-20,24H,11-15H2,1-3H3. The molecule has 3 aliphatic rings. The molecule has 3 atom stereocenters. The molecule has 1 heterocycles. The predicted molar refractivity (Wildman–Crippen MR) is 116 cm³/mol. The van der Waals surface area contributed by atoms with Crippen molar-refractivity contribution in [1.82, 2.24) is 9.62 Å². The van der Waals surface area contributed by atoms with Crippen LogP contribution in [-0.2, 0) is 21.2 Å². The molecule has 6 nitrogen and oxygen atoms in total. The second-order valence-corrected chi connectivity index (χ2v) is 10.7. The Morgan fingerprint density at radius 3 is 2.63 bits per heavy atom. The van der Waals surface area contributed by atoms with E-state index in [1.807, 2.05) is 41.3 Å². The zero-order valence-corrected chi connectivity index (χ0v) is 18.6. The third-order valence-electron chi connectivity index (χ3n) is 7.16. The summed E-state index contributed by atoms with van der Waals surface area (Å²) in [5, 5.41) is 0. The number of sulfonamides is 1. The second kappa shape index (κ2) is 7.76. The largest absolute Gasteiger partial charge is 0.496 e. The summed E-state index contributed by atoms with van der Waals surface area (Å²) in [6.07, 6.45) is 9.05. The van der Waals surface area contributed by atoms with Gasteiger partial charge in [0.05, 0.1) is 13.4 Å². The molecule has 30 heavy (non-hydrogen) atoms. The third kappa shape index (κ3) is 4.00. The van der Waals surface area contributed by atoms with Crippen LogP contribution in [-0.4, -0.2) is 45.7 Å². The van der Waals surface area contributed by atoms with Crippen LogP contribution in [0, 0.1) is 23.2 Å². The van der Waals surface area contributed by atoms with Crippen LogP contribution in [0.15, 0.2) is 48.2 Å². The van der Waals surface area contributed by atoms with Gasteiger partial charge in [-0.15, -0.1) is 0 Å². The van der Waals surface area contributed by atoms with E-state index in [1.165, 1.54) is 6.26 Å². The van der Waals surface area contributed by atoms with Gasteiger partial charge in [0.25, 0.3) is 0 Å². The molecule has 4 rings (SSSR count). The van der Waals surface area contributed by atoms with Crippen LogP contribution >= 0.6 is 0 Å². The molecule has 0 radical (unpaired) electrons. The Hall–Kier alpha value is -2.28. The number of carbonyl (C=O) groups excluding carboxylic acids is 1. The van der Waals surface area contributed by atoms with Gasteiger partial charge in [0.15, 0.2) is 0 Å². The summed E-state index contributed by atoms with van der Waals surface area (Å²) in [7, 11) is -1.61. The van der Waals surface area contributed by atoms with Gasteiger partial charge < -0.3 is 9.64 Å². The fourth-order valence-corrected chi connectivity index (χ4v) is 6.03. The first-order chi connectivity index (χ1) is 14.2. The molecule has 7 heteroatoms. The molecule has 1 aromatic rings. The highest BCUT2D eigenvalue weighted by molar-refractivity contribution is 7.88. The van der Waals surface area contributed by atoms with Gasteiger partial charge in [0, 0.05) is 25.2 Å². The number of para-hydroxylation sites is 1. The minimum Gasteiger partial charge on any atom is -0.496 e. The van der Waals surface area contributed by atoms with Gasteiger partial charge in [-0.3, -0.25) is 9.52 Å². The first-order valence-electron chi connectivity index (χ1n) is 10.5. The molecule has 2 aliphatic carbocycles. The fourth-order valence-electron chi connectivity index (χ4n) is 5.40. The molecule has 162 valence electrons. The van der Waals surface area contributed by atoms with Crippen molar-refractivity contribution in [2.45, 2.75) is 26.2 Å². The summed E-state index contributed by atoms with van der Waals surface area (Å²) < 4.78 is 31.1. The van der Waals surface area contributed by atoms with E-state index in [0.29, 0.717) is 37.0 Å². The number of aryl methyl sites for hydroxylation is 1. The Balaban J connectivity index is 1.31. The van der Waals surface area contributed by atoms with E-state index in [2.05, 4.69) is 17.7 Å². The number of methoxy groups -OCH3 is 1. The van der Waals surface area contributed by atoms with Gasteiger partial charge in [0.1, 0.15) is 5.75 Å². The van der Waals surface area contributed by atoms with Gasteiger partial charge in [-0.25, -0.2) is 8.42 Å². The minimum absolute atomic E-state index is 0.134. The molecule has 1 amide bonds. The number of likely N-dealkylation sites (tertiary alicyclic amines) is 1. The van der Waals surface area contributed by atoms with Gasteiger partial charge in [-0.05, 0) is 53.7 Å². The third-order valence-corrected chi connectivity index (χ3v) is 7.79. The number of nitrogens with zero attached hydrogens (tertiary/aromatic N) is 1. The highest BCUT2D eigenvalue weighted by Gasteiger charge is 2.67. The topological polar surface area (TPSA) is 75.7 Å².